The summed E-state index contributed by atoms with van der Waals surface area (Å²) in [6.07, 6.45) is 1.95. The number of nitrogens with one attached hydrogen (secondary N) is 1. The van der Waals surface area contributed by atoms with Crippen molar-refractivity contribution in [1.29, 1.82) is 0 Å². The topological polar surface area (TPSA) is 38.0 Å². The second-order valence-corrected chi connectivity index (χ2v) is 6.12. The second kappa shape index (κ2) is 7.65. The van der Waals surface area contributed by atoms with Crippen LogP contribution in [0.1, 0.15) is 12.0 Å². The minimum Gasteiger partial charge on any atom is -0.271 e. The van der Waals surface area contributed by atoms with Crippen molar-refractivity contribution in [3.05, 3.63) is 52.5 Å². The Bertz CT molecular complexity index is 488. The van der Waals surface area contributed by atoms with Gasteiger partial charge in [-0.25, -0.2) is 4.39 Å². The average molecular weight is 296 g/mol. The van der Waals surface area contributed by atoms with Crippen molar-refractivity contribution in [3.63, 3.8) is 0 Å². The van der Waals surface area contributed by atoms with Crippen LogP contribution in [0.5, 0.6) is 0 Å². The van der Waals surface area contributed by atoms with Crippen molar-refractivity contribution in [2.45, 2.75) is 23.8 Å². The molecule has 1 atom stereocenters. The van der Waals surface area contributed by atoms with Gasteiger partial charge in [0.15, 0.2) is 0 Å². The van der Waals surface area contributed by atoms with E-state index in [9.17, 15) is 4.39 Å². The third-order valence-corrected chi connectivity index (χ3v) is 4.82. The normalized spacial score (nSPS) is 12.5. The fourth-order valence-corrected chi connectivity index (χ4v) is 3.47. The van der Waals surface area contributed by atoms with E-state index in [4.69, 9.17) is 5.84 Å². The monoisotopic (exact) mass is 296 g/mol. The molecule has 1 unspecified atom stereocenters. The first-order chi connectivity index (χ1) is 9.29. The fraction of sp³-hybridized carbons (Fsp3) is 0.286. The van der Waals surface area contributed by atoms with Gasteiger partial charge >= 0.3 is 0 Å². The Morgan fingerprint density at radius 2 is 2.16 bits per heavy atom. The molecule has 0 amide bonds. The predicted octanol–water partition coefficient (Wildman–Crippen LogP) is 3.44. The van der Waals surface area contributed by atoms with Crippen molar-refractivity contribution in [1.82, 2.24) is 5.43 Å². The Balaban J connectivity index is 1.81. The van der Waals surface area contributed by atoms with Gasteiger partial charge in [-0.3, -0.25) is 11.3 Å². The summed E-state index contributed by atoms with van der Waals surface area (Å²) in [6.45, 7) is 0. The number of benzene rings is 1. The molecule has 19 heavy (non-hydrogen) atoms. The third kappa shape index (κ3) is 4.62. The number of aryl methyl sites for hydroxylation is 1. The molecule has 1 heterocycles. The fourth-order valence-electron chi connectivity index (χ4n) is 1.74. The summed E-state index contributed by atoms with van der Waals surface area (Å²) in [4.78, 5) is 0.679. The van der Waals surface area contributed by atoms with Gasteiger partial charge in [-0.15, -0.1) is 11.8 Å². The molecule has 1 aromatic carbocycles. The van der Waals surface area contributed by atoms with Gasteiger partial charge in [0.1, 0.15) is 5.82 Å². The van der Waals surface area contributed by atoms with Gasteiger partial charge in [0, 0.05) is 16.7 Å². The lowest BCUT2D eigenvalue weighted by molar-refractivity contribution is 0.538. The third-order valence-electron chi connectivity index (χ3n) is 2.87. The van der Waals surface area contributed by atoms with Crippen LogP contribution in [0.25, 0.3) is 0 Å². The van der Waals surface area contributed by atoms with Gasteiger partial charge in [0.05, 0.1) is 0 Å². The van der Waals surface area contributed by atoms with Gasteiger partial charge < -0.3 is 0 Å². The van der Waals surface area contributed by atoms with Crippen LogP contribution in [0.4, 0.5) is 4.39 Å². The molecule has 0 fully saturated rings. The molecule has 0 saturated carbocycles. The SMILES string of the molecule is NNC(CCc1ccsc1)CSc1ccccc1F. The van der Waals surface area contributed by atoms with Crippen LogP contribution >= 0.6 is 23.1 Å². The van der Waals surface area contributed by atoms with E-state index in [1.165, 1.54) is 23.4 Å². The first kappa shape index (κ1) is 14.5. The zero-order valence-electron chi connectivity index (χ0n) is 10.5. The molecule has 102 valence electrons. The standard InChI is InChI=1S/C14H17FN2S2/c15-13-3-1-2-4-14(13)19-10-12(17-16)6-5-11-7-8-18-9-11/h1-4,7-9,12,17H,5-6,10,16H2. The van der Waals surface area contributed by atoms with Crippen LogP contribution < -0.4 is 11.3 Å². The van der Waals surface area contributed by atoms with E-state index in [1.807, 2.05) is 6.07 Å². The number of hydrazine groups is 1. The molecule has 0 bridgehead atoms. The van der Waals surface area contributed by atoms with Crippen LogP contribution in [0.3, 0.4) is 0 Å². The van der Waals surface area contributed by atoms with Crippen LogP contribution in [-0.4, -0.2) is 11.8 Å². The molecule has 1 aromatic heterocycles. The molecule has 2 rings (SSSR count). The van der Waals surface area contributed by atoms with E-state index < -0.39 is 0 Å². The number of halogens is 1. The van der Waals surface area contributed by atoms with Crippen LogP contribution in [0.2, 0.25) is 0 Å². The molecule has 2 nitrogen and oxygen atoms in total. The number of hydrogen-bond donors (Lipinski definition) is 2. The van der Waals surface area contributed by atoms with E-state index in [1.54, 1.807) is 23.5 Å². The van der Waals surface area contributed by atoms with Gasteiger partial charge in [-0.05, 0) is 47.4 Å². The summed E-state index contributed by atoms with van der Waals surface area (Å²) in [7, 11) is 0. The lowest BCUT2D eigenvalue weighted by Crippen LogP contribution is -2.37. The van der Waals surface area contributed by atoms with Crippen molar-refractivity contribution in [2.75, 3.05) is 5.75 Å². The predicted molar refractivity (Wildman–Crippen MR) is 80.9 cm³/mol. The number of nitrogens with two attached hydrogens (primary N) is 1. The lowest BCUT2D eigenvalue weighted by atomic mass is 10.1. The summed E-state index contributed by atoms with van der Waals surface area (Å²) < 4.78 is 13.5. The van der Waals surface area contributed by atoms with Crippen LogP contribution in [0, 0.1) is 5.82 Å². The smallest absolute Gasteiger partial charge is 0.136 e. The highest BCUT2D eigenvalue weighted by molar-refractivity contribution is 7.99. The molecule has 0 radical (unpaired) electrons. The molecular weight excluding hydrogens is 279 g/mol. The number of thiophene rings is 1. The molecule has 0 aliphatic heterocycles. The average Bonchev–Trinajstić information content (AvgIpc) is 2.94. The number of thioether (sulfide) groups is 1. The minimum absolute atomic E-state index is 0.166. The lowest BCUT2D eigenvalue weighted by Gasteiger charge is -2.15. The molecule has 3 N–H and O–H groups in total. The Labute approximate surface area is 121 Å². The van der Waals surface area contributed by atoms with Gasteiger partial charge in [-0.1, -0.05) is 12.1 Å². The Morgan fingerprint density at radius 3 is 2.84 bits per heavy atom. The maximum Gasteiger partial charge on any atom is 0.136 e. The van der Waals surface area contributed by atoms with Crippen molar-refractivity contribution >= 4 is 23.1 Å². The zero-order chi connectivity index (χ0) is 13.5. The molecule has 0 aliphatic rings. The number of hydrogen-bond acceptors (Lipinski definition) is 4. The molecular formula is C14H17FN2S2. The zero-order valence-corrected chi connectivity index (χ0v) is 12.1. The van der Waals surface area contributed by atoms with E-state index in [0.717, 1.165) is 18.6 Å². The molecule has 0 saturated heterocycles. The largest absolute Gasteiger partial charge is 0.271 e. The Morgan fingerprint density at radius 1 is 1.32 bits per heavy atom. The van der Waals surface area contributed by atoms with Gasteiger partial charge in [-0.2, -0.15) is 11.3 Å². The second-order valence-electron chi connectivity index (χ2n) is 4.28. The summed E-state index contributed by atoms with van der Waals surface area (Å²) in [5, 5.41) is 4.23. The van der Waals surface area contributed by atoms with Crippen molar-refractivity contribution < 1.29 is 4.39 Å². The minimum atomic E-state index is -0.166. The van der Waals surface area contributed by atoms with E-state index in [2.05, 4.69) is 22.3 Å². The first-order valence-corrected chi connectivity index (χ1v) is 8.07. The van der Waals surface area contributed by atoms with Gasteiger partial charge in [0.2, 0.25) is 0 Å². The molecule has 0 aliphatic carbocycles. The Hall–Kier alpha value is -0.880. The summed E-state index contributed by atoms with van der Waals surface area (Å²) in [5.41, 5.74) is 4.15. The highest BCUT2D eigenvalue weighted by atomic mass is 32.2. The molecule has 2 aromatic rings. The maximum absolute atomic E-state index is 13.5. The molecule has 0 spiro atoms. The first-order valence-electron chi connectivity index (χ1n) is 6.14. The highest BCUT2D eigenvalue weighted by Crippen LogP contribution is 2.22. The van der Waals surface area contributed by atoms with Gasteiger partial charge in [0.25, 0.3) is 0 Å². The van der Waals surface area contributed by atoms with Crippen LogP contribution in [-0.2, 0) is 6.42 Å². The quantitative estimate of drug-likeness (QED) is 0.467. The summed E-state index contributed by atoms with van der Waals surface area (Å²) in [5.74, 6) is 6.16. The maximum atomic E-state index is 13.5. The molecule has 5 heteroatoms. The van der Waals surface area contributed by atoms with E-state index in [0.29, 0.717) is 4.90 Å². The van der Waals surface area contributed by atoms with Crippen LogP contribution in [0.15, 0.2) is 46.0 Å². The number of rotatable bonds is 7. The van der Waals surface area contributed by atoms with Crippen molar-refractivity contribution in [2.24, 2.45) is 5.84 Å². The summed E-state index contributed by atoms with van der Waals surface area (Å²) in [6, 6.07) is 9.15. The van der Waals surface area contributed by atoms with E-state index >= 15 is 0 Å². The van der Waals surface area contributed by atoms with E-state index in [-0.39, 0.29) is 11.9 Å². The Kier molecular flexibility index (Phi) is 5.85. The summed E-state index contributed by atoms with van der Waals surface area (Å²) >= 11 is 3.21. The van der Waals surface area contributed by atoms with Crippen molar-refractivity contribution in [3.8, 4) is 0 Å². The highest BCUT2D eigenvalue weighted by Gasteiger charge is 2.09.